The molecule has 71 valence electrons. The van der Waals surface area contributed by atoms with Crippen LogP contribution in [0.5, 0.6) is 0 Å². The van der Waals surface area contributed by atoms with Gasteiger partial charge in [0.25, 0.3) is 0 Å². The van der Waals surface area contributed by atoms with E-state index in [1.807, 2.05) is 32.2 Å². The number of aromatic nitrogens is 1. The predicted octanol–water partition coefficient (Wildman–Crippen LogP) is 3.13. The topological polar surface area (TPSA) is 14.1 Å². The third-order valence-corrected chi connectivity index (χ3v) is 1.65. The molecule has 2 rings (SSSR count). The number of benzene rings is 1. The molecule has 1 aromatic carbocycles. The van der Waals surface area contributed by atoms with E-state index in [1.54, 1.807) is 0 Å². The summed E-state index contributed by atoms with van der Waals surface area (Å²) in [5.74, 6) is 0. The summed E-state index contributed by atoms with van der Waals surface area (Å²) < 4.78 is 0. The van der Waals surface area contributed by atoms with Crippen molar-refractivity contribution in [2.45, 2.75) is 20.8 Å². The Kier molecular flexibility index (Phi) is 5.70. The average Bonchev–Trinajstić information content (AvgIpc) is 2.54. The van der Waals surface area contributed by atoms with Crippen LogP contribution < -0.4 is 4.98 Å². The Hall–Kier alpha value is -0.578. The van der Waals surface area contributed by atoms with Gasteiger partial charge in [0.15, 0.2) is 0 Å². The predicted molar refractivity (Wildman–Crippen MR) is 53.4 cm³/mol. The summed E-state index contributed by atoms with van der Waals surface area (Å²) in [6, 6.07) is 8.30. The molecule has 0 spiro atoms. The second kappa shape index (κ2) is 5.97. The van der Waals surface area contributed by atoms with E-state index in [2.05, 4.69) is 24.0 Å². The van der Waals surface area contributed by atoms with Crippen LogP contribution in [0.4, 0.5) is 0 Å². The molecular formula is C11H14NRe-. The van der Waals surface area contributed by atoms with Crippen molar-refractivity contribution in [1.82, 2.24) is 4.98 Å². The zero-order chi connectivity index (χ0) is 8.97. The van der Waals surface area contributed by atoms with Crippen molar-refractivity contribution in [1.29, 1.82) is 0 Å². The van der Waals surface area contributed by atoms with Gasteiger partial charge in [0, 0.05) is 20.4 Å². The van der Waals surface area contributed by atoms with Crippen LogP contribution in [0, 0.1) is 6.92 Å². The maximum atomic E-state index is 4.16. The molecule has 0 unspecified atom stereocenters. The largest absolute Gasteiger partial charge is 0.664 e. The van der Waals surface area contributed by atoms with E-state index in [0.29, 0.717) is 0 Å². The van der Waals surface area contributed by atoms with Crippen molar-refractivity contribution in [2.24, 2.45) is 0 Å². The van der Waals surface area contributed by atoms with Gasteiger partial charge < -0.3 is 4.98 Å². The van der Waals surface area contributed by atoms with Gasteiger partial charge in [-0.25, -0.2) is 0 Å². The number of aryl methyl sites for hydroxylation is 1. The van der Waals surface area contributed by atoms with Crippen LogP contribution >= 0.6 is 0 Å². The molecule has 0 saturated carbocycles. The van der Waals surface area contributed by atoms with Crippen LogP contribution in [0.15, 0.2) is 30.5 Å². The molecule has 0 bridgehead atoms. The molecule has 0 aliphatic heterocycles. The quantitative estimate of drug-likeness (QED) is 0.715. The Balaban J connectivity index is 0.000000451. The molecule has 1 heterocycles. The molecule has 2 heteroatoms. The zero-order valence-corrected chi connectivity index (χ0v) is 10.9. The molecule has 0 saturated heterocycles. The summed E-state index contributed by atoms with van der Waals surface area (Å²) in [5.41, 5.74) is 2.38. The number of hydrogen-bond acceptors (Lipinski definition) is 0. The van der Waals surface area contributed by atoms with Crippen molar-refractivity contribution in [3.63, 3.8) is 0 Å². The van der Waals surface area contributed by atoms with Crippen molar-refractivity contribution in [3.05, 3.63) is 36.0 Å². The Labute approximate surface area is 93.2 Å². The van der Waals surface area contributed by atoms with Crippen molar-refractivity contribution in [3.8, 4) is 0 Å². The number of fused-ring (bicyclic) bond motifs is 1. The average molecular weight is 346 g/mol. The van der Waals surface area contributed by atoms with E-state index in [-0.39, 0.29) is 20.4 Å². The van der Waals surface area contributed by atoms with E-state index in [0.717, 1.165) is 5.52 Å². The molecule has 0 amide bonds. The first kappa shape index (κ1) is 12.4. The number of rotatable bonds is 0. The van der Waals surface area contributed by atoms with Crippen LogP contribution in [-0.4, -0.2) is 0 Å². The smallest absolute Gasteiger partial charge is 0 e. The van der Waals surface area contributed by atoms with Crippen molar-refractivity contribution >= 4 is 10.9 Å². The molecule has 0 atom stereocenters. The Bertz CT molecular complexity index is 352. The van der Waals surface area contributed by atoms with Gasteiger partial charge in [0.2, 0.25) is 0 Å². The number of nitrogens with zero attached hydrogens (tertiary/aromatic N) is 1. The second-order valence-electron chi connectivity index (χ2n) is 2.51. The van der Waals surface area contributed by atoms with E-state index < -0.39 is 0 Å². The van der Waals surface area contributed by atoms with Crippen molar-refractivity contribution in [2.75, 3.05) is 0 Å². The summed E-state index contributed by atoms with van der Waals surface area (Å²) in [6.45, 7) is 6.09. The molecule has 0 N–H and O–H groups in total. The molecule has 1 radical (unpaired) electrons. The standard InChI is InChI=1S/C9H8N.C2H6.Re/c1-7-2-3-9-8(6-7)4-5-10-9;1-2;/h2-6H,1H3;1-2H3;/q-1;;. The maximum Gasteiger partial charge on any atom is 0 e. The molecule has 1 nitrogen and oxygen atoms in total. The molecule has 1 aromatic heterocycles. The van der Waals surface area contributed by atoms with Crippen molar-refractivity contribution < 1.29 is 20.4 Å². The first-order valence-electron chi connectivity index (χ1n) is 4.34. The molecular weight excluding hydrogens is 332 g/mol. The third-order valence-electron chi connectivity index (χ3n) is 1.65. The second-order valence-corrected chi connectivity index (χ2v) is 2.51. The normalized spacial score (nSPS) is 8.54. The summed E-state index contributed by atoms with van der Waals surface area (Å²) in [7, 11) is 0. The molecule has 0 aliphatic rings. The molecule has 13 heavy (non-hydrogen) atoms. The zero-order valence-electron chi connectivity index (χ0n) is 8.21. The van der Waals surface area contributed by atoms with Crippen LogP contribution in [0.2, 0.25) is 0 Å². The Morgan fingerprint density at radius 3 is 2.46 bits per heavy atom. The monoisotopic (exact) mass is 347 g/mol. The first-order chi connectivity index (χ1) is 5.86. The summed E-state index contributed by atoms with van der Waals surface area (Å²) in [4.78, 5) is 4.16. The van der Waals surface area contributed by atoms with Gasteiger partial charge in [-0.2, -0.15) is 6.20 Å². The van der Waals surface area contributed by atoms with E-state index in [1.165, 1.54) is 10.9 Å². The van der Waals surface area contributed by atoms with E-state index >= 15 is 0 Å². The van der Waals surface area contributed by atoms with Gasteiger partial charge in [0.05, 0.1) is 0 Å². The van der Waals surface area contributed by atoms with Crippen LogP contribution in [0.25, 0.3) is 10.9 Å². The first-order valence-corrected chi connectivity index (χ1v) is 4.34. The minimum atomic E-state index is 0. The summed E-state index contributed by atoms with van der Waals surface area (Å²) in [6.07, 6.45) is 1.84. The van der Waals surface area contributed by atoms with E-state index in [9.17, 15) is 0 Å². The summed E-state index contributed by atoms with van der Waals surface area (Å²) >= 11 is 0. The molecule has 2 aromatic rings. The van der Waals surface area contributed by atoms with E-state index in [4.69, 9.17) is 0 Å². The SMILES string of the molecule is CC.Cc1ccc2[n-]ccc2c1.[Re]. The van der Waals surface area contributed by atoms with Gasteiger partial charge in [0.1, 0.15) is 0 Å². The Morgan fingerprint density at radius 1 is 1.08 bits per heavy atom. The fourth-order valence-electron chi connectivity index (χ4n) is 1.12. The van der Waals surface area contributed by atoms with Gasteiger partial charge >= 0.3 is 0 Å². The van der Waals surface area contributed by atoms with Crippen LogP contribution in [0.1, 0.15) is 19.4 Å². The minimum absolute atomic E-state index is 0. The van der Waals surface area contributed by atoms with Crippen LogP contribution in [-0.2, 0) is 20.4 Å². The van der Waals surface area contributed by atoms with Gasteiger partial charge in [-0.3, -0.25) is 0 Å². The maximum absolute atomic E-state index is 4.16. The fraction of sp³-hybridized carbons (Fsp3) is 0.273. The molecule has 0 aliphatic carbocycles. The molecule has 0 fully saturated rings. The van der Waals surface area contributed by atoms with Gasteiger partial charge in [-0.05, 0) is 12.3 Å². The summed E-state index contributed by atoms with van der Waals surface area (Å²) in [5, 5.41) is 1.24. The Morgan fingerprint density at radius 2 is 1.77 bits per heavy atom. The fourth-order valence-corrected chi connectivity index (χ4v) is 1.12. The minimum Gasteiger partial charge on any atom is -0.664 e. The van der Waals surface area contributed by atoms with Crippen LogP contribution in [0.3, 0.4) is 0 Å². The third kappa shape index (κ3) is 2.99. The van der Waals surface area contributed by atoms with Gasteiger partial charge in [-0.1, -0.05) is 43.7 Å². The number of hydrogen-bond donors (Lipinski definition) is 0. The van der Waals surface area contributed by atoms with Gasteiger partial charge in [-0.15, -0.1) is 5.52 Å².